The molecule has 1 aromatic heterocycles. The van der Waals surface area contributed by atoms with E-state index in [4.69, 9.17) is 5.73 Å². The number of amides is 1. The predicted octanol–water partition coefficient (Wildman–Crippen LogP) is 2.12. The summed E-state index contributed by atoms with van der Waals surface area (Å²) in [6, 6.07) is 4.15. The molecule has 1 saturated carbocycles. The van der Waals surface area contributed by atoms with Crippen molar-refractivity contribution in [2.75, 3.05) is 0 Å². The summed E-state index contributed by atoms with van der Waals surface area (Å²) in [6.45, 7) is 0. The number of hydrogen-bond acceptors (Lipinski definition) is 2. The van der Waals surface area contributed by atoms with E-state index in [9.17, 15) is 4.79 Å². The van der Waals surface area contributed by atoms with E-state index < -0.39 is 0 Å². The van der Waals surface area contributed by atoms with Gasteiger partial charge >= 0.3 is 0 Å². The second kappa shape index (κ2) is 3.50. The third kappa shape index (κ3) is 2.10. The van der Waals surface area contributed by atoms with E-state index >= 15 is 0 Å². The summed E-state index contributed by atoms with van der Waals surface area (Å²) in [5.74, 6) is 0.939. The molecule has 1 aromatic rings. The van der Waals surface area contributed by atoms with Gasteiger partial charge in [-0.1, -0.05) is 6.07 Å². The van der Waals surface area contributed by atoms with Crippen LogP contribution in [0.5, 0.6) is 0 Å². The minimum Gasteiger partial charge on any atom is -0.370 e. The van der Waals surface area contributed by atoms with Gasteiger partial charge in [0.2, 0.25) is 5.91 Å². The van der Waals surface area contributed by atoms with E-state index in [2.05, 4.69) is 11.4 Å². The minimum absolute atomic E-state index is 0.176. The topological polar surface area (TPSA) is 43.1 Å². The lowest BCUT2D eigenvalue weighted by atomic mass is 9.98. The Morgan fingerprint density at radius 1 is 1.69 bits per heavy atom. The molecule has 1 unspecified atom stereocenters. The highest BCUT2D eigenvalue weighted by molar-refractivity contribution is 7.10. The van der Waals surface area contributed by atoms with Crippen LogP contribution in [0.3, 0.4) is 0 Å². The summed E-state index contributed by atoms with van der Waals surface area (Å²) in [6.07, 6.45) is 3.04. The lowest BCUT2D eigenvalue weighted by Crippen LogP contribution is -2.15. The fourth-order valence-electron chi connectivity index (χ4n) is 1.72. The maximum Gasteiger partial charge on any atom is 0.218 e. The van der Waals surface area contributed by atoms with Gasteiger partial charge in [-0.15, -0.1) is 11.3 Å². The van der Waals surface area contributed by atoms with Crippen molar-refractivity contribution in [3.8, 4) is 0 Å². The molecule has 0 spiro atoms. The summed E-state index contributed by atoms with van der Waals surface area (Å²) in [5.41, 5.74) is 5.23. The van der Waals surface area contributed by atoms with Crippen LogP contribution in [0.25, 0.3) is 0 Å². The van der Waals surface area contributed by atoms with Crippen LogP contribution < -0.4 is 5.73 Å². The number of thiophene rings is 1. The molecule has 1 aliphatic carbocycles. The monoisotopic (exact) mass is 195 g/mol. The lowest BCUT2D eigenvalue weighted by Gasteiger charge is -2.11. The van der Waals surface area contributed by atoms with Crippen LogP contribution in [0.4, 0.5) is 0 Å². The normalized spacial score (nSPS) is 18.5. The molecular weight excluding hydrogens is 182 g/mol. The van der Waals surface area contributed by atoms with Gasteiger partial charge < -0.3 is 5.73 Å². The lowest BCUT2D eigenvalue weighted by molar-refractivity contribution is -0.118. The van der Waals surface area contributed by atoms with Gasteiger partial charge in [-0.05, 0) is 30.2 Å². The first-order valence-corrected chi connectivity index (χ1v) is 5.47. The zero-order chi connectivity index (χ0) is 9.26. The quantitative estimate of drug-likeness (QED) is 0.785. The zero-order valence-electron chi connectivity index (χ0n) is 7.40. The first kappa shape index (κ1) is 8.75. The molecule has 3 heteroatoms. The van der Waals surface area contributed by atoms with Gasteiger partial charge in [0.05, 0.1) is 0 Å². The molecule has 1 aliphatic rings. The average Bonchev–Trinajstić information content (AvgIpc) is 2.77. The molecule has 1 heterocycles. The Hall–Kier alpha value is -0.830. The second-order valence-electron chi connectivity index (χ2n) is 3.63. The van der Waals surface area contributed by atoms with Gasteiger partial charge in [-0.25, -0.2) is 0 Å². The van der Waals surface area contributed by atoms with Gasteiger partial charge in [0, 0.05) is 17.2 Å². The SMILES string of the molecule is NC(=O)CC(c1cccs1)C1CC1. The Labute approximate surface area is 81.8 Å². The van der Waals surface area contributed by atoms with Crippen molar-refractivity contribution in [3.63, 3.8) is 0 Å². The van der Waals surface area contributed by atoms with Crippen LogP contribution in [0.1, 0.15) is 30.1 Å². The highest BCUT2D eigenvalue weighted by Crippen LogP contribution is 2.45. The van der Waals surface area contributed by atoms with Crippen LogP contribution in [0.15, 0.2) is 17.5 Å². The summed E-state index contributed by atoms with van der Waals surface area (Å²) in [5, 5.41) is 2.06. The molecule has 70 valence electrons. The zero-order valence-corrected chi connectivity index (χ0v) is 8.22. The fraction of sp³-hybridized carbons (Fsp3) is 0.500. The number of nitrogens with two attached hydrogens (primary N) is 1. The van der Waals surface area contributed by atoms with E-state index in [0.29, 0.717) is 18.3 Å². The molecular formula is C10H13NOS. The maximum atomic E-state index is 10.9. The highest BCUT2D eigenvalue weighted by atomic mass is 32.1. The molecule has 0 saturated heterocycles. The fourth-order valence-corrected chi connectivity index (χ4v) is 2.64. The van der Waals surface area contributed by atoms with Crippen LogP contribution in [-0.4, -0.2) is 5.91 Å². The van der Waals surface area contributed by atoms with Crippen molar-refractivity contribution >= 4 is 17.2 Å². The van der Waals surface area contributed by atoms with Crippen molar-refractivity contribution in [1.29, 1.82) is 0 Å². The summed E-state index contributed by atoms with van der Waals surface area (Å²) < 4.78 is 0. The van der Waals surface area contributed by atoms with Crippen LogP contribution >= 0.6 is 11.3 Å². The predicted molar refractivity (Wildman–Crippen MR) is 53.6 cm³/mol. The Balaban J connectivity index is 2.09. The average molecular weight is 195 g/mol. The number of carbonyl (C=O) groups excluding carboxylic acids is 1. The first-order valence-electron chi connectivity index (χ1n) is 4.59. The van der Waals surface area contributed by atoms with Crippen molar-refractivity contribution < 1.29 is 4.79 Å². The van der Waals surface area contributed by atoms with Gasteiger partial charge in [0.15, 0.2) is 0 Å². The van der Waals surface area contributed by atoms with E-state index in [0.717, 1.165) is 0 Å². The van der Waals surface area contributed by atoms with E-state index in [1.54, 1.807) is 11.3 Å². The summed E-state index contributed by atoms with van der Waals surface area (Å²) >= 11 is 1.73. The standard InChI is InChI=1S/C10H13NOS/c11-10(12)6-8(7-3-4-7)9-2-1-5-13-9/h1-2,5,7-8H,3-4,6H2,(H2,11,12). The number of hydrogen-bond donors (Lipinski definition) is 1. The van der Waals surface area contributed by atoms with Gasteiger partial charge in [0.1, 0.15) is 0 Å². The van der Waals surface area contributed by atoms with Crippen molar-refractivity contribution in [1.82, 2.24) is 0 Å². The molecule has 1 fully saturated rings. The number of primary amides is 1. The molecule has 2 rings (SSSR count). The van der Waals surface area contributed by atoms with Gasteiger partial charge in [0.25, 0.3) is 0 Å². The smallest absolute Gasteiger partial charge is 0.218 e. The number of rotatable bonds is 4. The van der Waals surface area contributed by atoms with Crippen LogP contribution in [-0.2, 0) is 4.79 Å². The van der Waals surface area contributed by atoms with E-state index in [-0.39, 0.29) is 5.91 Å². The molecule has 0 bridgehead atoms. The molecule has 13 heavy (non-hydrogen) atoms. The first-order chi connectivity index (χ1) is 6.27. The molecule has 1 atom stereocenters. The maximum absolute atomic E-state index is 10.9. The van der Waals surface area contributed by atoms with E-state index in [1.165, 1.54) is 17.7 Å². The minimum atomic E-state index is -0.176. The van der Waals surface area contributed by atoms with Crippen molar-refractivity contribution in [2.24, 2.45) is 11.7 Å². The van der Waals surface area contributed by atoms with Crippen LogP contribution in [0.2, 0.25) is 0 Å². The molecule has 2 nitrogen and oxygen atoms in total. The summed E-state index contributed by atoms with van der Waals surface area (Å²) in [7, 11) is 0. The Bertz CT molecular complexity index is 290. The third-order valence-corrected chi connectivity index (χ3v) is 3.52. The van der Waals surface area contributed by atoms with Crippen molar-refractivity contribution in [3.05, 3.63) is 22.4 Å². The molecule has 0 aromatic carbocycles. The van der Waals surface area contributed by atoms with Crippen LogP contribution in [0, 0.1) is 5.92 Å². The summed E-state index contributed by atoms with van der Waals surface area (Å²) in [4.78, 5) is 12.2. The third-order valence-electron chi connectivity index (χ3n) is 2.52. The second-order valence-corrected chi connectivity index (χ2v) is 4.61. The molecule has 0 aliphatic heterocycles. The van der Waals surface area contributed by atoms with E-state index in [1.807, 2.05) is 6.07 Å². The Kier molecular flexibility index (Phi) is 2.36. The highest BCUT2D eigenvalue weighted by Gasteiger charge is 2.33. The van der Waals surface area contributed by atoms with Gasteiger partial charge in [-0.2, -0.15) is 0 Å². The van der Waals surface area contributed by atoms with Crippen molar-refractivity contribution in [2.45, 2.75) is 25.2 Å². The van der Waals surface area contributed by atoms with Gasteiger partial charge in [-0.3, -0.25) is 4.79 Å². The Morgan fingerprint density at radius 2 is 2.46 bits per heavy atom. The molecule has 0 radical (unpaired) electrons. The Morgan fingerprint density at radius 3 is 2.92 bits per heavy atom. The molecule has 1 amide bonds. The molecule has 2 N–H and O–H groups in total. The largest absolute Gasteiger partial charge is 0.370 e. The number of carbonyl (C=O) groups is 1.